The van der Waals surface area contributed by atoms with Crippen LogP contribution in [-0.2, 0) is 21.4 Å². The van der Waals surface area contributed by atoms with E-state index in [1.54, 1.807) is 6.92 Å². The molecule has 0 bridgehead atoms. The lowest BCUT2D eigenvalue weighted by molar-refractivity contribution is -0.122. The molecule has 0 saturated heterocycles. The molecule has 7 heteroatoms. The largest absolute Gasteiger partial charge is 0.350 e. The number of benzene rings is 3. The summed E-state index contributed by atoms with van der Waals surface area (Å²) in [6.07, 6.45) is 1.17. The standard InChI is InChI=1S/C22H23FN2O3S/c1-3-20(25(29(2,27)28)21-14-7-6-13-19(21)23)22(26)24-15-17-11-8-10-16-9-4-5-12-18(16)17/h4-14,20H,3,15H2,1-2H3,(H,24,26). The second-order valence-electron chi connectivity index (χ2n) is 6.79. The Bertz CT molecular complexity index is 1130. The van der Waals surface area contributed by atoms with E-state index in [1.807, 2.05) is 42.5 Å². The average Bonchev–Trinajstić information content (AvgIpc) is 2.70. The van der Waals surface area contributed by atoms with Crippen LogP contribution in [0.15, 0.2) is 66.7 Å². The summed E-state index contributed by atoms with van der Waals surface area (Å²) in [5.41, 5.74) is 0.783. The molecule has 0 aliphatic rings. The Balaban J connectivity index is 1.88. The summed E-state index contributed by atoms with van der Waals surface area (Å²) in [5.74, 6) is -1.17. The number of halogens is 1. The van der Waals surface area contributed by atoms with Gasteiger partial charge in [-0.1, -0.05) is 61.5 Å². The second-order valence-corrected chi connectivity index (χ2v) is 8.65. The number of rotatable bonds is 7. The van der Waals surface area contributed by atoms with Gasteiger partial charge in [-0.15, -0.1) is 0 Å². The number of para-hydroxylation sites is 1. The highest BCUT2D eigenvalue weighted by molar-refractivity contribution is 7.92. The minimum atomic E-state index is -3.88. The molecule has 0 spiro atoms. The van der Waals surface area contributed by atoms with Crippen molar-refractivity contribution in [1.29, 1.82) is 0 Å². The van der Waals surface area contributed by atoms with Crippen LogP contribution in [0.1, 0.15) is 18.9 Å². The number of carbonyl (C=O) groups excluding carboxylic acids is 1. The van der Waals surface area contributed by atoms with Gasteiger partial charge in [-0.2, -0.15) is 0 Å². The first-order valence-corrected chi connectivity index (χ1v) is 11.2. The van der Waals surface area contributed by atoms with E-state index in [1.165, 1.54) is 24.3 Å². The lowest BCUT2D eigenvalue weighted by Gasteiger charge is -2.30. The van der Waals surface area contributed by atoms with Crippen LogP contribution in [0.3, 0.4) is 0 Å². The maximum absolute atomic E-state index is 14.3. The van der Waals surface area contributed by atoms with Crippen LogP contribution in [0.25, 0.3) is 10.8 Å². The van der Waals surface area contributed by atoms with Gasteiger partial charge in [0.05, 0.1) is 11.9 Å². The molecular weight excluding hydrogens is 391 g/mol. The third-order valence-electron chi connectivity index (χ3n) is 4.75. The van der Waals surface area contributed by atoms with Gasteiger partial charge in [0.25, 0.3) is 0 Å². The van der Waals surface area contributed by atoms with Gasteiger partial charge in [0.1, 0.15) is 11.9 Å². The Labute approximate surface area is 170 Å². The minimum absolute atomic E-state index is 0.137. The molecule has 3 aromatic rings. The Morgan fingerprint density at radius 1 is 1.03 bits per heavy atom. The predicted octanol–water partition coefficient (Wildman–Crippen LogP) is 3.84. The summed E-state index contributed by atoms with van der Waals surface area (Å²) < 4.78 is 40.0. The van der Waals surface area contributed by atoms with E-state index in [0.29, 0.717) is 0 Å². The molecule has 0 aromatic heterocycles. The molecular formula is C22H23FN2O3S. The zero-order chi connectivity index (χ0) is 21.0. The number of anilines is 1. The minimum Gasteiger partial charge on any atom is -0.350 e. The van der Waals surface area contributed by atoms with Gasteiger partial charge in [-0.3, -0.25) is 9.10 Å². The van der Waals surface area contributed by atoms with Crippen LogP contribution in [-0.4, -0.2) is 26.6 Å². The van der Waals surface area contributed by atoms with Crippen molar-refractivity contribution in [2.24, 2.45) is 0 Å². The molecule has 0 saturated carbocycles. The summed E-state index contributed by atoms with van der Waals surface area (Å²) in [6.45, 7) is 1.94. The Morgan fingerprint density at radius 2 is 1.69 bits per heavy atom. The highest BCUT2D eigenvalue weighted by Crippen LogP contribution is 2.25. The van der Waals surface area contributed by atoms with Crippen molar-refractivity contribution in [3.63, 3.8) is 0 Å². The maximum atomic E-state index is 14.3. The van der Waals surface area contributed by atoms with E-state index in [9.17, 15) is 17.6 Å². The van der Waals surface area contributed by atoms with E-state index < -0.39 is 27.8 Å². The third-order valence-corrected chi connectivity index (χ3v) is 5.92. The zero-order valence-corrected chi connectivity index (χ0v) is 17.1. The average molecular weight is 415 g/mol. The van der Waals surface area contributed by atoms with Crippen molar-refractivity contribution >= 4 is 32.4 Å². The van der Waals surface area contributed by atoms with Crippen molar-refractivity contribution < 1.29 is 17.6 Å². The first-order chi connectivity index (χ1) is 13.8. The lowest BCUT2D eigenvalue weighted by Crippen LogP contribution is -2.49. The van der Waals surface area contributed by atoms with Crippen molar-refractivity contribution in [2.45, 2.75) is 25.9 Å². The maximum Gasteiger partial charge on any atom is 0.244 e. The van der Waals surface area contributed by atoms with E-state index in [-0.39, 0.29) is 18.7 Å². The number of sulfonamides is 1. The van der Waals surface area contributed by atoms with Crippen molar-refractivity contribution in [2.75, 3.05) is 10.6 Å². The fourth-order valence-corrected chi connectivity index (χ4v) is 4.63. The van der Waals surface area contributed by atoms with Crippen LogP contribution in [0.5, 0.6) is 0 Å². The summed E-state index contributed by atoms with van der Waals surface area (Å²) >= 11 is 0. The van der Waals surface area contributed by atoms with E-state index in [0.717, 1.165) is 26.9 Å². The zero-order valence-electron chi connectivity index (χ0n) is 16.3. The van der Waals surface area contributed by atoms with Crippen LogP contribution >= 0.6 is 0 Å². The number of nitrogens with zero attached hydrogens (tertiary/aromatic N) is 1. The molecule has 1 unspecified atom stereocenters. The quantitative estimate of drug-likeness (QED) is 0.639. The number of nitrogens with one attached hydrogen (secondary N) is 1. The Kier molecular flexibility index (Phi) is 6.17. The summed E-state index contributed by atoms with van der Waals surface area (Å²) in [6, 6.07) is 18.1. The summed E-state index contributed by atoms with van der Waals surface area (Å²) in [4.78, 5) is 12.9. The van der Waals surface area contributed by atoms with Gasteiger partial charge >= 0.3 is 0 Å². The number of carbonyl (C=O) groups is 1. The molecule has 3 aromatic carbocycles. The third kappa shape index (κ3) is 4.56. The molecule has 0 fully saturated rings. The number of fused-ring (bicyclic) bond motifs is 1. The van der Waals surface area contributed by atoms with Gasteiger partial charge in [-0.05, 0) is 34.9 Å². The van der Waals surface area contributed by atoms with Gasteiger partial charge < -0.3 is 5.32 Å². The lowest BCUT2D eigenvalue weighted by atomic mass is 10.0. The molecule has 3 rings (SSSR count). The van der Waals surface area contributed by atoms with Gasteiger partial charge in [0, 0.05) is 6.54 Å². The van der Waals surface area contributed by atoms with Crippen LogP contribution < -0.4 is 9.62 Å². The van der Waals surface area contributed by atoms with E-state index >= 15 is 0 Å². The van der Waals surface area contributed by atoms with E-state index in [2.05, 4.69) is 5.32 Å². The van der Waals surface area contributed by atoms with Crippen LogP contribution in [0.2, 0.25) is 0 Å². The highest BCUT2D eigenvalue weighted by atomic mass is 32.2. The molecule has 0 aliphatic carbocycles. The monoisotopic (exact) mass is 414 g/mol. The molecule has 29 heavy (non-hydrogen) atoms. The molecule has 0 heterocycles. The fourth-order valence-electron chi connectivity index (χ4n) is 3.41. The molecule has 152 valence electrons. The number of amides is 1. The molecule has 0 aliphatic heterocycles. The number of hydrogen-bond donors (Lipinski definition) is 1. The summed E-state index contributed by atoms with van der Waals surface area (Å²) in [7, 11) is -3.88. The molecule has 1 N–H and O–H groups in total. The Morgan fingerprint density at radius 3 is 2.38 bits per heavy atom. The smallest absolute Gasteiger partial charge is 0.244 e. The van der Waals surface area contributed by atoms with Gasteiger partial charge in [0.15, 0.2) is 0 Å². The number of hydrogen-bond acceptors (Lipinski definition) is 3. The van der Waals surface area contributed by atoms with Crippen molar-refractivity contribution in [3.8, 4) is 0 Å². The molecule has 1 amide bonds. The SMILES string of the molecule is CCC(C(=O)NCc1cccc2ccccc12)N(c1ccccc1F)S(C)(=O)=O. The first-order valence-electron chi connectivity index (χ1n) is 9.31. The van der Waals surface area contributed by atoms with Crippen molar-refractivity contribution in [3.05, 3.63) is 78.1 Å². The molecule has 0 radical (unpaired) electrons. The highest BCUT2D eigenvalue weighted by Gasteiger charge is 2.32. The topological polar surface area (TPSA) is 66.5 Å². The van der Waals surface area contributed by atoms with Gasteiger partial charge in [-0.25, -0.2) is 12.8 Å². The molecule has 5 nitrogen and oxygen atoms in total. The molecule has 1 atom stereocenters. The first kappa shape index (κ1) is 20.8. The van der Waals surface area contributed by atoms with E-state index in [4.69, 9.17) is 0 Å². The Hall–Kier alpha value is -2.93. The van der Waals surface area contributed by atoms with Crippen LogP contribution in [0, 0.1) is 5.82 Å². The second kappa shape index (κ2) is 8.61. The summed E-state index contributed by atoms with van der Waals surface area (Å²) in [5, 5.41) is 4.88. The predicted molar refractivity (Wildman–Crippen MR) is 114 cm³/mol. The fraction of sp³-hybridized carbons (Fsp3) is 0.227. The normalized spacial score (nSPS) is 12.5. The van der Waals surface area contributed by atoms with Crippen molar-refractivity contribution in [1.82, 2.24) is 5.32 Å². The van der Waals surface area contributed by atoms with Gasteiger partial charge in [0.2, 0.25) is 15.9 Å². The van der Waals surface area contributed by atoms with Crippen LogP contribution in [0.4, 0.5) is 10.1 Å².